The number of hydrogen-bond acceptors (Lipinski definition) is 2. The molecule has 0 amide bonds. The molecule has 2 heteroatoms. The van der Waals surface area contributed by atoms with E-state index in [4.69, 9.17) is 0 Å². The van der Waals surface area contributed by atoms with Crippen LogP contribution in [0.5, 0.6) is 0 Å². The van der Waals surface area contributed by atoms with Gasteiger partial charge in [0.25, 0.3) is 0 Å². The molecule has 118 valence electrons. The van der Waals surface area contributed by atoms with Gasteiger partial charge in [0, 0.05) is 31.2 Å². The maximum atomic E-state index is 3.90. The molecule has 3 unspecified atom stereocenters. The topological polar surface area (TPSA) is 15.3 Å². The molecule has 0 radical (unpaired) electrons. The number of hydrogen-bond donors (Lipinski definition) is 1. The van der Waals surface area contributed by atoms with Gasteiger partial charge in [-0.1, -0.05) is 53.4 Å². The van der Waals surface area contributed by atoms with Crippen LogP contribution in [-0.4, -0.2) is 36.1 Å². The van der Waals surface area contributed by atoms with Crippen LogP contribution in [0.25, 0.3) is 0 Å². The van der Waals surface area contributed by atoms with Crippen LogP contribution >= 0.6 is 0 Å². The minimum Gasteiger partial charge on any atom is -0.311 e. The van der Waals surface area contributed by atoms with Gasteiger partial charge in [0.05, 0.1) is 0 Å². The van der Waals surface area contributed by atoms with Gasteiger partial charge in [-0.2, -0.15) is 0 Å². The van der Waals surface area contributed by atoms with E-state index in [1.165, 1.54) is 64.6 Å². The Morgan fingerprint density at radius 2 is 1.90 bits per heavy atom. The van der Waals surface area contributed by atoms with Gasteiger partial charge >= 0.3 is 0 Å². The molecule has 2 aliphatic rings. The Morgan fingerprint density at radius 1 is 1.20 bits per heavy atom. The second kappa shape index (κ2) is 7.26. The predicted molar refractivity (Wildman–Crippen MR) is 88.1 cm³/mol. The lowest BCUT2D eigenvalue weighted by atomic mass is 9.86. The van der Waals surface area contributed by atoms with Gasteiger partial charge in [-0.25, -0.2) is 0 Å². The van der Waals surface area contributed by atoms with Crippen molar-refractivity contribution in [2.45, 2.75) is 84.2 Å². The van der Waals surface area contributed by atoms with E-state index in [1.807, 2.05) is 0 Å². The monoisotopic (exact) mass is 280 g/mol. The summed E-state index contributed by atoms with van der Waals surface area (Å²) in [4.78, 5) is 2.90. The first-order valence-corrected chi connectivity index (χ1v) is 9.09. The normalized spacial score (nSPS) is 29.7. The van der Waals surface area contributed by atoms with Crippen molar-refractivity contribution in [1.29, 1.82) is 0 Å². The highest BCUT2D eigenvalue weighted by Crippen LogP contribution is 2.38. The van der Waals surface area contributed by atoms with E-state index >= 15 is 0 Å². The zero-order chi connectivity index (χ0) is 14.6. The standard InChI is InChI=1S/C18H36N2/c1-5-9-15(3)12-20-13-17(16(4)6-2)19-14-18(20)10-7-8-11-18/h15-17,19H,5-14H2,1-4H3. The van der Waals surface area contributed by atoms with Crippen molar-refractivity contribution >= 4 is 0 Å². The summed E-state index contributed by atoms with van der Waals surface area (Å²) in [5.74, 6) is 1.66. The van der Waals surface area contributed by atoms with E-state index in [2.05, 4.69) is 37.9 Å². The number of nitrogens with one attached hydrogen (secondary N) is 1. The lowest BCUT2D eigenvalue weighted by molar-refractivity contribution is 0.0191. The van der Waals surface area contributed by atoms with Gasteiger partial charge in [-0.3, -0.25) is 4.90 Å². The van der Waals surface area contributed by atoms with Crippen molar-refractivity contribution in [3.8, 4) is 0 Å². The lowest BCUT2D eigenvalue weighted by Gasteiger charge is -2.50. The molecule has 2 fully saturated rings. The average Bonchev–Trinajstić information content (AvgIpc) is 2.90. The van der Waals surface area contributed by atoms with E-state index in [0.717, 1.165) is 11.8 Å². The summed E-state index contributed by atoms with van der Waals surface area (Å²) in [6, 6.07) is 0.708. The summed E-state index contributed by atoms with van der Waals surface area (Å²) in [6.07, 6.45) is 9.73. The van der Waals surface area contributed by atoms with Gasteiger partial charge in [0.1, 0.15) is 0 Å². The van der Waals surface area contributed by atoms with E-state index in [-0.39, 0.29) is 0 Å². The molecular weight excluding hydrogens is 244 g/mol. The van der Waals surface area contributed by atoms with Crippen molar-refractivity contribution in [3.63, 3.8) is 0 Å². The molecule has 1 saturated heterocycles. The Balaban J connectivity index is 2.03. The van der Waals surface area contributed by atoms with Crippen molar-refractivity contribution in [3.05, 3.63) is 0 Å². The average molecular weight is 281 g/mol. The lowest BCUT2D eigenvalue weighted by Crippen LogP contribution is -2.65. The van der Waals surface area contributed by atoms with E-state index < -0.39 is 0 Å². The minimum atomic E-state index is 0.506. The van der Waals surface area contributed by atoms with Crippen LogP contribution in [0.15, 0.2) is 0 Å². The zero-order valence-corrected chi connectivity index (χ0v) is 14.3. The number of nitrogens with zero attached hydrogens (tertiary/aromatic N) is 1. The van der Waals surface area contributed by atoms with Crippen LogP contribution in [0.1, 0.15) is 72.6 Å². The predicted octanol–water partition coefficient (Wildman–Crippen LogP) is 4.06. The van der Waals surface area contributed by atoms with Gasteiger partial charge < -0.3 is 5.32 Å². The molecule has 0 bridgehead atoms. The summed E-state index contributed by atoms with van der Waals surface area (Å²) in [5.41, 5.74) is 0.506. The first kappa shape index (κ1) is 16.3. The van der Waals surface area contributed by atoms with Crippen LogP contribution in [0.4, 0.5) is 0 Å². The van der Waals surface area contributed by atoms with Crippen LogP contribution in [0.2, 0.25) is 0 Å². The van der Waals surface area contributed by atoms with Gasteiger partial charge in [-0.15, -0.1) is 0 Å². The first-order chi connectivity index (χ1) is 9.61. The molecule has 0 aromatic heterocycles. The molecule has 1 N–H and O–H groups in total. The molecule has 1 aliphatic carbocycles. The summed E-state index contributed by atoms with van der Waals surface area (Å²) in [7, 11) is 0. The van der Waals surface area contributed by atoms with E-state index in [0.29, 0.717) is 11.6 Å². The highest BCUT2D eigenvalue weighted by atomic mass is 15.3. The zero-order valence-electron chi connectivity index (χ0n) is 14.3. The Bertz CT molecular complexity index is 283. The summed E-state index contributed by atoms with van der Waals surface area (Å²) >= 11 is 0. The third kappa shape index (κ3) is 3.57. The third-order valence-electron chi connectivity index (χ3n) is 5.96. The molecular formula is C18H36N2. The van der Waals surface area contributed by atoms with Crippen LogP contribution in [0.3, 0.4) is 0 Å². The molecule has 1 spiro atoms. The van der Waals surface area contributed by atoms with Gasteiger partial charge in [0.2, 0.25) is 0 Å². The third-order valence-corrected chi connectivity index (χ3v) is 5.96. The van der Waals surface area contributed by atoms with Crippen molar-refractivity contribution < 1.29 is 0 Å². The Morgan fingerprint density at radius 3 is 2.50 bits per heavy atom. The molecule has 1 aliphatic heterocycles. The van der Waals surface area contributed by atoms with Crippen molar-refractivity contribution in [2.75, 3.05) is 19.6 Å². The fourth-order valence-electron chi connectivity index (χ4n) is 4.35. The molecule has 1 saturated carbocycles. The molecule has 2 nitrogen and oxygen atoms in total. The number of rotatable bonds is 6. The molecule has 20 heavy (non-hydrogen) atoms. The Kier molecular flexibility index (Phi) is 5.92. The first-order valence-electron chi connectivity index (χ1n) is 9.09. The minimum absolute atomic E-state index is 0.506. The van der Waals surface area contributed by atoms with E-state index in [9.17, 15) is 0 Å². The molecule has 1 heterocycles. The van der Waals surface area contributed by atoms with Gasteiger partial charge in [0.15, 0.2) is 0 Å². The Labute approximate surface area is 126 Å². The molecule has 0 aromatic carbocycles. The van der Waals surface area contributed by atoms with Gasteiger partial charge in [-0.05, 0) is 31.1 Å². The summed E-state index contributed by atoms with van der Waals surface area (Å²) in [5, 5.41) is 3.90. The Hall–Kier alpha value is -0.0800. The quantitative estimate of drug-likeness (QED) is 0.789. The van der Waals surface area contributed by atoms with Crippen LogP contribution < -0.4 is 5.32 Å². The highest BCUT2D eigenvalue weighted by molar-refractivity contribution is 5.02. The maximum absolute atomic E-state index is 3.90. The fourth-order valence-corrected chi connectivity index (χ4v) is 4.35. The molecule has 3 atom stereocenters. The fraction of sp³-hybridized carbons (Fsp3) is 1.00. The highest BCUT2D eigenvalue weighted by Gasteiger charge is 2.44. The van der Waals surface area contributed by atoms with Crippen LogP contribution in [-0.2, 0) is 0 Å². The van der Waals surface area contributed by atoms with E-state index in [1.54, 1.807) is 0 Å². The SMILES string of the molecule is CCCC(C)CN1CC(C(C)CC)NCC12CCCC2. The molecule has 2 rings (SSSR count). The maximum Gasteiger partial charge on any atom is 0.0334 e. The number of piperazine rings is 1. The van der Waals surface area contributed by atoms with Crippen molar-refractivity contribution in [2.24, 2.45) is 11.8 Å². The van der Waals surface area contributed by atoms with Crippen molar-refractivity contribution in [1.82, 2.24) is 10.2 Å². The summed E-state index contributed by atoms with van der Waals surface area (Å²) in [6.45, 7) is 13.4. The largest absolute Gasteiger partial charge is 0.311 e. The second-order valence-electron chi connectivity index (χ2n) is 7.60. The smallest absolute Gasteiger partial charge is 0.0334 e. The summed E-state index contributed by atoms with van der Waals surface area (Å²) < 4.78 is 0. The second-order valence-corrected chi connectivity index (χ2v) is 7.60. The van der Waals surface area contributed by atoms with Crippen LogP contribution in [0, 0.1) is 11.8 Å². The molecule has 0 aromatic rings.